The molecule has 0 bridgehead atoms. The number of fused-ring (bicyclic) bond motifs is 1. The van der Waals surface area contributed by atoms with Crippen molar-refractivity contribution >= 4 is 43.6 Å². The van der Waals surface area contributed by atoms with E-state index in [9.17, 15) is 29.6 Å². The lowest BCUT2D eigenvalue weighted by molar-refractivity contribution is -0.384. The van der Waals surface area contributed by atoms with Gasteiger partial charge in [-0.15, -0.1) is 0 Å². The Balaban J connectivity index is 1.95. The lowest BCUT2D eigenvalue weighted by Gasteiger charge is -2.37. The molecular formula is C34H50N6O9Si. The topological polar surface area (TPSA) is 179 Å². The molecule has 1 aromatic carbocycles. The van der Waals surface area contributed by atoms with Gasteiger partial charge in [0.05, 0.1) is 23.3 Å². The Kier molecular flexibility index (Phi) is 12.1. The van der Waals surface area contributed by atoms with E-state index in [0.29, 0.717) is 25.1 Å². The number of carbonyl (C=O) groups is 3. The van der Waals surface area contributed by atoms with Gasteiger partial charge >= 0.3 is 18.2 Å². The minimum absolute atomic E-state index is 0.00504. The van der Waals surface area contributed by atoms with Gasteiger partial charge in [0.1, 0.15) is 17.0 Å². The number of rotatable bonds is 12. The number of ether oxygens (including phenoxy) is 2. The number of non-ortho nitro benzene ring substituents is 1. The van der Waals surface area contributed by atoms with E-state index >= 15 is 0 Å². The molecule has 0 radical (unpaired) electrons. The normalized spacial score (nSPS) is 12.5. The molecule has 2 amide bonds. The molecule has 3 aromatic rings. The Morgan fingerprint density at radius 2 is 1.56 bits per heavy atom. The first-order valence-electron chi connectivity index (χ1n) is 16.4. The maximum atomic E-state index is 13.6. The van der Waals surface area contributed by atoms with Crippen LogP contribution in [0.4, 0.5) is 21.1 Å². The van der Waals surface area contributed by atoms with Gasteiger partial charge in [0.2, 0.25) is 0 Å². The monoisotopic (exact) mass is 714 g/mol. The second kappa shape index (κ2) is 15.1. The highest BCUT2D eigenvalue weighted by molar-refractivity contribution is 6.74. The Bertz CT molecular complexity index is 1690. The van der Waals surface area contributed by atoms with E-state index in [4.69, 9.17) is 13.9 Å². The van der Waals surface area contributed by atoms with Crippen molar-refractivity contribution in [3.63, 3.8) is 0 Å². The maximum absolute atomic E-state index is 13.6. The van der Waals surface area contributed by atoms with E-state index in [0.717, 1.165) is 6.07 Å². The van der Waals surface area contributed by atoms with Crippen LogP contribution in [0.2, 0.25) is 18.1 Å². The summed E-state index contributed by atoms with van der Waals surface area (Å²) in [5.41, 5.74) is -1.47. The van der Waals surface area contributed by atoms with Crippen molar-refractivity contribution in [2.75, 3.05) is 31.1 Å². The summed E-state index contributed by atoms with van der Waals surface area (Å²) in [5, 5.41) is 25.4. The number of hydrogen-bond donors (Lipinski definition) is 1. The summed E-state index contributed by atoms with van der Waals surface area (Å²) >= 11 is 0. The highest BCUT2D eigenvalue weighted by atomic mass is 28.4. The fourth-order valence-electron chi connectivity index (χ4n) is 4.49. The van der Waals surface area contributed by atoms with E-state index in [1.807, 2.05) is 0 Å². The maximum Gasteiger partial charge on any atom is 0.416 e. The molecule has 16 heteroatoms. The first-order valence-corrected chi connectivity index (χ1v) is 19.3. The van der Waals surface area contributed by atoms with Crippen LogP contribution >= 0.6 is 0 Å². The van der Waals surface area contributed by atoms with Crippen LogP contribution in [0, 0.1) is 10.1 Å². The van der Waals surface area contributed by atoms with Gasteiger partial charge in [-0.05, 0) is 83.8 Å². The summed E-state index contributed by atoms with van der Waals surface area (Å²) in [6.07, 6.45) is 2.13. The second-order valence-corrected chi connectivity index (χ2v) is 20.3. The number of carbonyl (C=O) groups excluding carboxylic acids is 2. The molecule has 0 aliphatic rings. The Labute approximate surface area is 293 Å². The quantitative estimate of drug-likeness (QED) is 0.112. The number of nitrogens with zero attached hydrogens (tertiary/aromatic N) is 6. The smallest absolute Gasteiger partial charge is 0.416 e. The number of anilines is 1. The largest absolute Gasteiger partial charge is 0.478 e. The molecule has 2 aromatic heterocycles. The van der Waals surface area contributed by atoms with Gasteiger partial charge in [-0.3, -0.25) is 15.0 Å². The fraction of sp³-hybridized carbons (Fsp3) is 0.559. The molecule has 0 atom stereocenters. The van der Waals surface area contributed by atoms with Crippen LogP contribution in [0.15, 0.2) is 36.7 Å². The van der Waals surface area contributed by atoms with Crippen molar-refractivity contribution in [1.29, 1.82) is 0 Å². The van der Waals surface area contributed by atoms with Crippen molar-refractivity contribution in [3.8, 4) is 11.1 Å². The van der Waals surface area contributed by atoms with Gasteiger partial charge in [-0.25, -0.2) is 23.9 Å². The summed E-state index contributed by atoms with van der Waals surface area (Å²) in [6.45, 7) is 22.3. The number of aromatic nitrogens is 3. The molecule has 0 saturated carbocycles. The number of carboxylic acids is 1. The molecule has 1 N–H and O–H groups in total. The third-order valence-electron chi connectivity index (χ3n) is 8.02. The van der Waals surface area contributed by atoms with Gasteiger partial charge in [0, 0.05) is 43.5 Å². The molecule has 0 spiro atoms. The van der Waals surface area contributed by atoms with E-state index in [-0.39, 0.29) is 40.7 Å². The predicted molar refractivity (Wildman–Crippen MR) is 191 cm³/mol. The minimum Gasteiger partial charge on any atom is -0.478 e. The number of amides is 2. The molecule has 274 valence electrons. The van der Waals surface area contributed by atoms with Gasteiger partial charge in [-0.1, -0.05) is 20.8 Å². The molecule has 0 aliphatic carbocycles. The van der Waals surface area contributed by atoms with Crippen LogP contribution in [0.5, 0.6) is 0 Å². The number of benzene rings is 1. The van der Waals surface area contributed by atoms with E-state index in [2.05, 4.69) is 43.9 Å². The number of carboxylic acid groups (broad SMARTS) is 1. The third kappa shape index (κ3) is 10.7. The Morgan fingerprint density at radius 3 is 2.12 bits per heavy atom. The van der Waals surface area contributed by atoms with E-state index in [1.54, 1.807) is 58.7 Å². The second-order valence-electron chi connectivity index (χ2n) is 15.5. The molecule has 0 saturated heterocycles. The Morgan fingerprint density at radius 1 is 0.940 bits per heavy atom. The average molecular weight is 715 g/mol. The Hall–Kier alpha value is -4.57. The van der Waals surface area contributed by atoms with Gasteiger partial charge in [0.15, 0.2) is 14.0 Å². The summed E-state index contributed by atoms with van der Waals surface area (Å²) < 4.78 is 19.1. The standard InChI is InChI=1S/C34H50N6O9Si/c1-32(2,3)48-30(43)37(17-18-47-50(10,11)34(7,8)9)14-12-15-38(31(44)49-33(4,5)6)27-13-16-39-28(36-27)26(22-35-39)23-19-24(29(41)42)21-25(20-23)40(45)46/h13,16,19-22H,12,14-15,17-18H2,1-11H3,(H,41,42). The van der Waals surface area contributed by atoms with Crippen molar-refractivity contribution < 1.29 is 38.3 Å². The lowest BCUT2D eigenvalue weighted by atomic mass is 10.0. The molecule has 0 unspecified atom stereocenters. The van der Waals surface area contributed by atoms with Crippen LogP contribution < -0.4 is 4.90 Å². The highest BCUT2D eigenvalue weighted by Gasteiger charge is 2.37. The number of nitro benzene ring substituents is 1. The zero-order valence-corrected chi connectivity index (χ0v) is 31.9. The van der Waals surface area contributed by atoms with E-state index in [1.165, 1.54) is 27.7 Å². The predicted octanol–water partition coefficient (Wildman–Crippen LogP) is 7.39. The molecule has 15 nitrogen and oxygen atoms in total. The highest BCUT2D eigenvalue weighted by Crippen LogP contribution is 2.36. The van der Waals surface area contributed by atoms with Crippen molar-refractivity contribution in [2.45, 2.75) is 98.1 Å². The number of hydrogen-bond acceptors (Lipinski definition) is 10. The first-order chi connectivity index (χ1) is 22.9. The molecule has 2 heterocycles. The first kappa shape index (κ1) is 39.9. The summed E-state index contributed by atoms with van der Waals surface area (Å²) in [5.74, 6) is -1.13. The zero-order chi connectivity index (χ0) is 37.8. The fourth-order valence-corrected chi connectivity index (χ4v) is 5.53. The molecule has 3 rings (SSSR count). The van der Waals surface area contributed by atoms with Crippen molar-refractivity contribution in [3.05, 3.63) is 52.3 Å². The lowest BCUT2D eigenvalue weighted by Crippen LogP contribution is -2.45. The van der Waals surface area contributed by atoms with Crippen LogP contribution in [-0.4, -0.2) is 93.4 Å². The van der Waals surface area contributed by atoms with Crippen LogP contribution in [0.1, 0.15) is 79.1 Å². The van der Waals surface area contributed by atoms with Crippen LogP contribution in [0.25, 0.3) is 16.8 Å². The van der Waals surface area contributed by atoms with Crippen molar-refractivity contribution in [2.24, 2.45) is 0 Å². The number of nitro groups is 1. The SMILES string of the molecule is CC(C)(C)OC(=O)N(CCCN(C(=O)OC(C)(C)C)c1ccn2ncc(-c3cc(C(=O)O)cc([N+](=O)[O-])c3)c2n1)CCO[Si](C)(C)C(C)(C)C. The average Bonchev–Trinajstić information content (AvgIpc) is 3.39. The van der Waals surface area contributed by atoms with Gasteiger partial charge in [0.25, 0.3) is 5.69 Å². The molecule has 0 fully saturated rings. The zero-order valence-electron chi connectivity index (χ0n) is 30.9. The minimum atomic E-state index is -2.07. The summed E-state index contributed by atoms with van der Waals surface area (Å²) in [7, 11) is -2.07. The summed E-state index contributed by atoms with van der Waals surface area (Å²) in [6, 6.07) is 5.08. The van der Waals surface area contributed by atoms with Crippen molar-refractivity contribution in [1.82, 2.24) is 19.5 Å². The molecule has 50 heavy (non-hydrogen) atoms. The van der Waals surface area contributed by atoms with E-state index < -0.39 is 48.3 Å². The van der Waals surface area contributed by atoms with Gasteiger partial charge in [-0.2, -0.15) is 5.10 Å². The number of aromatic carboxylic acids is 1. The molecule has 0 aliphatic heterocycles. The molecular weight excluding hydrogens is 664 g/mol. The third-order valence-corrected chi connectivity index (χ3v) is 12.6. The van der Waals surface area contributed by atoms with Crippen LogP contribution in [0.3, 0.4) is 0 Å². The van der Waals surface area contributed by atoms with Gasteiger partial charge < -0.3 is 23.9 Å². The van der Waals surface area contributed by atoms with Crippen LogP contribution in [-0.2, 0) is 13.9 Å². The summed E-state index contributed by atoms with van der Waals surface area (Å²) in [4.78, 5) is 57.1.